The van der Waals surface area contributed by atoms with E-state index >= 15 is 0 Å². The second kappa shape index (κ2) is 10.3. The highest BCUT2D eigenvalue weighted by atomic mass is 16.5. The zero-order valence-electron chi connectivity index (χ0n) is 18.3. The third-order valence-electron chi connectivity index (χ3n) is 5.98. The summed E-state index contributed by atoms with van der Waals surface area (Å²) >= 11 is 0. The molecule has 1 aliphatic rings. The van der Waals surface area contributed by atoms with Crippen molar-refractivity contribution in [3.8, 4) is 17.2 Å². The Morgan fingerprint density at radius 1 is 0.941 bits per heavy atom. The van der Waals surface area contributed by atoms with Gasteiger partial charge in [0.2, 0.25) is 0 Å². The van der Waals surface area contributed by atoms with E-state index in [1.54, 1.807) is 6.07 Å². The molecule has 34 heavy (non-hydrogen) atoms. The highest BCUT2D eigenvalue weighted by Crippen LogP contribution is 2.44. The van der Waals surface area contributed by atoms with Crippen LogP contribution in [0.5, 0.6) is 0 Å². The fourth-order valence-electron chi connectivity index (χ4n) is 4.21. The second-order valence-corrected chi connectivity index (χ2v) is 8.10. The Bertz CT molecular complexity index is 1190. The lowest BCUT2D eigenvalue weighted by molar-refractivity contribution is 0.0185. The van der Waals surface area contributed by atoms with Gasteiger partial charge in [-0.2, -0.15) is 5.26 Å². The molecule has 4 rings (SSSR count). The molecule has 0 aromatic heterocycles. The van der Waals surface area contributed by atoms with Crippen LogP contribution in [0.4, 0.5) is 4.79 Å². The molecule has 0 radical (unpaired) electrons. The van der Waals surface area contributed by atoms with Crippen molar-refractivity contribution >= 4 is 11.9 Å². The van der Waals surface area contributed by atoms with E-state index in [4.69, 9.17) is 10.00 Å². The van der Waals surface area contributed by atoms with Gasteiger partial charge in [0.1, 0.15) is 18.8 Å². The van der Waals surface area contributed by atoms with Gasteiger partial charge in [0.05, 0.1) is 12.5 Å². The Morgan fingerprint density at radius 3 is 2.12 bits per heavy atom. The van der Waals surface area contributed by atoms with E-state index in [1.165, 1.54) is 24.3 Å². The molecule has 3 aromatic carbocycles. The maximum atomic E-state index is 12.3. The number of hydrogen-bond acceptors (Lipinski definition) is 6. The van der Waals surface area contributed by atoms with E-state index in [2.05, 4.69) is 17.4 Å². The summed E-state index contributed by atoms with van der Waals surface area (Å²) in [5.41, 5.74) is 5.20. The molecule has 0 saturated heterocycles. The molecule has 2 atom stereocenters. The van der Waals surface area contributed by atoms with Crippen LogP contribution in [0.1, 0.15) is 45.5 Å². The molecule has 172 valence electrons. The van der Waals surface area contributed by atoms with Crippen LogP contribution >= 0.6 is 0 Å². The monoisotopic (exact) mass is 456 g/mol. The topological polar surface area (TPSA) is 120 Å². The van der Waals surface area contributed by atoms with Crippen LogP contribution in [0.15, 0.2) is 72.8 Å². The van der Waals surface area contributed by atoms with Crippen molar-refractivity contribution in [3.05, 3.63) is 95.1 Å². The summed E-state index contributed by atoms with van der Waals surface area (Å²) in [6, 6.07) is 23.8. The molecule has 3 N–H and O–H groups in total. The van der Waals surface area contributed by atoms with E-state index in [0.717, 1.165) is 22.3 Å². The Balaban J connectivity index is 1.30. The van der Waals surface area contributed by atoms with Crippen LogP contribution in [-0.4, -0.2) is 41.3 Å². The quantitative estimate of drug-likeness (QED) is 0.445. The predicted octanol–water partition coefficient (Wildman–Crippen LogP) is 3.72. The van der Waals surface area contributed by atoms with Crippen LogP contribution in [0.2, 0.25) is 0 Å². The minimum atomic E-state index is -1.28. The lowest BCUT2D eigenvalue weighted by Crippen LogP contribution is -2.36. The van der Waals surface area contributed by atoms with Gasteiger partial charge in [-0.1, -0.05) is 72.8 Å². The molecule has 7 heteroatoms. The smallest absolute Gasteiger partial charge is 0.407 e. The predicted molar refractivity (Wildman–Crippen MR) is 125 cm³/mol. The molecule has 0 fully saturated rings. The van der Waals surface area contributed by atoms with Gasteiger partial charge >= 0.3 is 6.09 Å². The Hall–Kier alpha value is -3.99. The zero-order chi connectivity index (χ0) is 24.1. The molecule has 0 heterocycles. The molecule has 1 amide bonds. The highest BCUT2D eigenvalue weighted by Gasteiger charge is 2.29. The third kappa shape index (κ3) is 4.84. The summed E-state index contributed by atoms with van der Waals surface area (Å²) in [5, 5.41) is 31.8. The van der Waals surface area contributed by atoms with Crippen LogP contribution in [0.25, 0.3) is 11.1 Å². The van der Waals surface area contributed by atoms with Crippen molar-refractivity contribution in [3.63, 3.8) is 0 Å². The molecule has 7 nitrogen and oxygen atoms in total. The van der Waals surface area contributed by atoms with Gasteiger partial charge in [0, 0.05) is 18.0 Å². The first kappa shape index (κ1) is 23.2. The number of Topliss-reactive ketones (excluding diaryl/α,β-unsaturated/α-hetero) is 1. The highest BCUT2D eigenvalue weighted by molar-refractivity contribution is 5.97. The molecule has 0 bridgehead atoms. The molecule has 0 spiro atoms. The summed E-state index contributed by atoms with van der Waals surface area (Å²) in [6.45, 7) is -0.0658. The Kier molecular flexibility index (Phi) is 7.02. The minimum absolute atomic E-state index is 0.0732. The minimum Gasteiger partial charge on any atom is -0.449 e. The Labute approximate surface area is 197 Å². The van der Waals surface area contributed by atoms with E-state index < -0.39 is 18.3 Å². The average molecular weight is 456 g/mol. The van der Waals surface area contributed by atoms with E-state index in [-0.39, 0.29) is 31.3 Å². The molecule has 3 aromatic rings. The van der Waals surface area contributed by atoms with Crippen LogP contribution in [-0.2, 0) is 4.74 Å². The molecule has 2 unspecified atom stereocenters. The maximum Gasteiger partial charge on any atom is 0.407 e. The normalized spacial score (nSPS) is 13.8. The van der Waals surface area contributed by atoms with Crippen molar-refractivity contribution in [1.29, 1.82) is 5.26 Å². The lowest BCUT2D eigenvalue weighted by atomic mass is 9.98. The van der Waals surface area contributed by atoms with Gasteiger partial charge in [0.15, 0.2) is 5.78 Å². The van der Waals surface area contributed by atoms with Crippen molar-refractivity contribution in [2.75, 3.05) is 13.2 Å². The number of carbonyl (C=O) groups is 2. The number of rotatable bonds is 8. The van der Waals surface area contributed by atoms with Gasteiger partial charge in [-0.25, -0.2) is 4.79 Å². The SMILES string of the molecule is N#CCC(=O)c1ccc(C(O)C(O)CNC(=O)OCC2c3ccccc3-c3ccccc32)cc1. The summed E-state index contributed by atoms with van der Waals surface area (Å²) in [7, 11) is 0. The van der Waals surface area contributed by atoms with Gasteiger partial charge < -0.3 is 20.3 Å². The first-order valence-corrected chi connectivity index (χ1v) is 10.9. The standard InChI is InChI=1S/C27H24N2O5/c28-14-13-24(30)17-9-11-18(12-10-17)26(32)25(31)15-29-27(33)34-16-23-21-7-3-1-5-19(21)20-6-2-4-8-22(20)23/h1-12,23,25-26,31-32H,13,15-16H2,(H,29,33). The number of aliphatic hydroxyl groups is 2. The van der Waals surface area contributed by atoms with Gasteiger partial charge in [0.25, 0.3) is 0 Å². The number of fused-ring (bicyclic) bond motifs is 3. The number of nitrogens with one attached hydrogen (secondary N) is 1. The third-order valence-corrected chi connectivity index (χ3v) is 5.98. The van der Waals surface area contributed by atoms with Gasteiger partial charge in [-0.05, 0) is 27.8 Å². The van der Waals surface area contributed by atoms with E-state index in [0.29, 0.717) is 11.1 Å². The van der Waals surface area contributed by atoms with E-state index in [1.807, 2.05) is 36.4 Å². The van der Waals surface area contributed by atoms with Crippen molar-refractivity contribution in [1.82, 2.24) is 5.32 Å². The van der Waals surface area contributed by atoms with Gasteiger partial charge in [-0.3, -0.25) is 4.79 Å². The molecular weight excluding hydrogens is 432 g/mol. The number of amides is 1. The number of benzene rings is 3. The number of nitrogens with zero attached hydrogens (tertiary/aromatic N) is 1. The fraction of sp³-hybridized carbons (Fsp3) is 0.222. The number of aliphatic hydroxyl groups excluding tert-OH is 2. The number of carbonyl (C=O) groups excluding carboxylic acids is 2. The molecule has 1 aliphatic carbocycles. The summed E-state index contributed by atoms with van der Waals surface area (Å²) in [6.07, 6.45) is -3.46. The van der Waals surface area contributed by atoms with Crippen molar-refractivity contribution in [2.24, 2.45) is 0 Å². The van der Waals surface area contributed by atoms with Crippen LogP contribution < -0.4 is 5.32 Å². The summed E-state index contributed by atoms with van der Waals surface area (Å²) < 4.78 is 5.43. The lowest BCUT2D eigenvalue weighted by Gasteiger charge is -2.19. The van der Waals surface area contributed by atoms with Crippen LogP contribution in [0, 0.1) is 11.3 Å². The largest absolute Gasteiger partial charge is 0.449 e. The summed E-state index contributed by atoms with van der Waals surface area (Å²) in [4.78, 5) is 24.0. The zero-order valence-corrected chi connectivity index (χ0v) is 18.3. The average Bonchev–Trinajstić information content (AvgIpc) is 3.19. The number of nitriles is 1. The Morgan fingerprint density at radius 2 is 1.53 bits per heavy atom. The molecule has 0 aliphatic heterocycles. The molecule has 0 saturated carbocycles. The number of ketones is 1. The van der Waals surface area contributed by atoms with Crippen molar-refractivity contribution < 1.29 is 24.5 Å². The maximum absolute atomic E-state index is 12.3. The van der Waals surface area contributed by atoms with Crippen LogP contribution in [0.3, 0.4) is 0 Å². The second-order valence-electron chi connectivity index (χ2n) is 8.10. The van der Waals surface area contributed by atoms with Gasteiger partial charge in [-0.15, -0.1) is 0 Å². The fourth-order valence-corrected chi connectivity index (χ4v) is 4.21. The molecular formula is C27H24N2O5. The van der Waals surface area contributed by atoms with E-state index in [9.17, 15) is 19.8 Å². The number of ether oxygens (including phenoxy) is 1. The number of hydrogen-bond donors (Lipinski definition) is 3. The number of alkyl carbamates (subject to hydrolysis) is 1. The van der Waals surface area contributed by atoms with Crippen molar-refractivity contribution in [2.45, 2.75) is 24.5 Å². The first-order chi connectivity index (χ1) is 16.5. The summed E-state index contributed by atoms with van der Waals surface area (Å²) in [5.74, 6) is -0.392. The first-order valence-electron chi connectivity index (χ1n) is 10.9.